The first kappa shape index (κ1) is 23.5. The van der Waals surface area contributed by atoms with E-state index < -0.39 is 0 Å². The molecule has 0 bridgehead atoms. The number of methoxy groups -OCH3 is 3. The van der Waals surface area contributed by atoms with Crippen molar-refractivity contribution < 1.29 is 28.5 Å². The highest BCUT2D eigenvalue weighted by Crippen LogP contribution is 2.44. The third kappa shape index (κ3) is 5.66. The Morgan fingerprint density at radius 2 is 1.63 bits per heavy atom. The summed E-state index contributed by atoms with van der Waals surface area (Å²) in [4.78, 5) is 24.9. The van der Waals surface area contributed by atoms with Gasteiger partial charge in [-0.2, -0.15) is 0 Å². The van der Waals surface area contributed by atoms with Crippen molar-refractivity contribution in [2.24, 2.45) is 0 Å². The van der Waals surface area contributed by atoms with Crippen molar-refractivity contribution in [3.8, 4) is 17.2 Å². The van der Waals surface area contributed by atoms with Gasteiger partial charge >= 0.3 is 5.97 Å². The predicted molar refractivity (Wildman–Crippen MR) is 118 cm³/mol. The van der Waals surface area contributed by atoms with Crippen LogP contribution < -0.4 is 19.5 Å². The first-order valence-corrected chi connectivity index (χ1v) is 10.3. The summed E-state index contributed by atoms with van der Waals surface area (Å²) in [5.74, 6) is 0.338. The van der Waals surface area contributed by atoms with Crippen molar-refractivity contribution in [3.05, 3.63) is 45.9 Å². The van der Waals surface area contributed by atoms with E-state index in [1.165, 1.54) is 21.3 Å². The fourth-order valence-corrected chi connectivity index (χ4v) is 3.41. The minimum atomic E-state index is -0.379. The number of rotatable bonds is 10. The van der Waals surface area contributed by atoms with E-state index in [0.717, 1.165) is 19.3 Å². The highest BCUT2D eigenvalue weighted by Gasteiger charge is 2.23. The zero-order valence-corrected chi connectivity index (χ0v) is 19.1. The second-order valence-corrected chi connectivity index (χ2v) is 7.17. The van der Waals surface area contributed by atoms with Gasteiger partial charge < -0.3 is 24.3 Å². The van der Waals surface area contributed by atoms with Gasteiger partial charge in [-0.05, 0) is 52.7 Å². The molecule has 0 fully saturated rings. The summed E-state index contributed by atoms with van der Waals surface area (Å²) in [7, 11) is 4.44. The van der Waals surface area contributed by atoms with Crippen molar-refractivity contribution in [2.75, 3.05) is 33.3 Å². The quantitative estimate of drug-likeness (QED) is 0.378. The first-order valence-electron chi connectivity index (χ1n) is 9.53. The lowest BCUT2D eigenvalue weighted by Crippen LogP contribution is -2.14. The lowest BCUT2D eigenvalue weighted by atomic mass is 10.1. The highest BCUT2D eigenvalue weighted by molar-refractivity contribution is 9.10. The normalized spacial score (nSPS) is 10.3. The molecule has 0 atom stereocenters. The van der Waals surface area contributed by atoms with Gasteiger partial charge in [-0.1, -0.05) is 19.8 Å². The highest BCUT2D eigenvalue weighted by atomic mass is 79.9. The lowest BCUT2D eigenvalue weighted by Gasteiger charge is -2.16. The van der Waals surface area contributed by atoms with Crippen molar-refractivity contribution in [3.63, 3.8) is 0 Å². The number of carbonyl (C=O) groups is 2. The molecule has 2 rings (SSSR count). The molecule has 30 heavy (non-hydrogen) atoms. The number of benzene rings is 2. The monoisotopic (exact) mass is 479 g/mol. The van der Waals surface area contributed by atoms with Crippen molar-refractivity contribution in [1.82, 2.24) is 0 Å². The summed E-state index contributed by atoms with van der Waals surface area (Å²) in [5.41, 5.74) is 1.27. The van der Waals surface area contributed by atoms with Crippen LogP contribution in [-0.2, 0) is 4.74 Å². The predicted octanol–water partition coefficient (Wildman–Crippen LogP) is 5.07. The number of carbonyl (C=O) groups excluding carboxylic acids is 2. The molecule has 0 spiro atoms. The average molecular weight is 480 g/mol. The van der Waals surface area contributed by atoms with Gasteiger partial charge in [0, 0.05) is 5.69 Å². The van der Waals surface area contributed by atoms with Crippen molar-refractivity contribution in [1.29, 1.82) is 0 Å². The zero-order chi connectivity index (χ0) is 22.1. The molecule has 0 unspecified atom stereocenters. The molecular weight excluding hydrogens is 454 g/mol. The third-order valence-corrected chi connectivity index (χ3v) is 5.16. The summed E-state index contributed by atoms with van der Waals surface area (Å²) in [6, 6.07) is 8.08. The molecule has 8 heteroatoms. The molecule has 0 aromatic heterocycles. The Kier molecular flexibility index (Phi) is 8.98. The number of hydrogen-bond donors (Lipinski definition) is 1. The first-order chi connectivity index (χ1) is 14.5. The number of nitrogens with one attached hydrogen (secondary N) is 1. The van der Waals surface area contributed by atoms with Crippen molar-refractivity contribution >= 4 is 33.5 Å². The largest absolute Gasteiger partial charge is 0.493 e. The van der Waals surface area contributed by atoms with Gasteiger partial charge in [0.25, 0.3) is 5.91 Å². The summed E-state index contributed by atoms with van der Waals surface area (Å²) >= 11 is 3.39. The number of ether oxygens (including phenoxy) is 4. The standard InChI is InChI=1S/C22H26BrNO6/c1-5-6-7-12-30-22(26)14-8-10-15(11-9-14)24-21(25)16-13-17(27-2)19(28-3)20(29-4)18(16)23/h8-11,13H,5-7,12H2,1-4H3,(H,24,25). The van der Waals surface area contributed by atoms with Gasteiger partial charge in [-0.25, -0.2) is 4.79 Å². The Morgan fingerprint density at radius 1 is 0.967 bits per heavy atom. The molecule has 0 saturated carbocycles. The molecule has 7 nitrogen and oxygen atoms in total. The van der Waals surface area contributed by atoms with Gasteiger partial charge in [0.1, 0.15) is 0 Å². The van der Waals surface area contributed by atoms with Crippen LogP contribution in [0, 0.1) is 0 Å². The number of halogens is 1. The lowest BCUT2D eigenvalue weighted by molar-refractivity contribution is 0.0498. The van der Waals surface area contributed by atoms with Crippen LogP contribution >= 0.6 is 15.9 Å². The number of unbranched alkanes of at least 4 members (excludes halogenated alkanes) is 2. The maximum absolute atomic E-state index is 12.8. The van der Waals surface area contributed by atoms with E-state index in [1.54, 1.807) is 30.3 Å². The summed E-state index contributed by atoms with van der Waals surface area (Å²) in [6.07, 6.45) is 2.93. The number of anilines is 1. The Bertz CT molecular complexity index is 882. The maximum Gasteiger partial charge on any atom is 0.338 e. The molecule has 0 radical (unpaired) electrons. The molecule has 1 N–H and O–H groups in total. The molecule has 162 valence electrons. The van der Waals surface area contributed by atoms with E-state index in [9.17, 15) is 9.59 Å². The topological polar surface area (TPSA) is 83.1 Å². The van der Waals surface area contributed by atoms with Crippen LogP contribution in [0.3, 0.4) is 0 Å². The molecule has 1 amide bonds. The fraction of sp³-hybridized carbons (Fsp3) is 0.364. The van der Waals surface area contributed by atoms with E-state index in [-0.39, 0.29) is 11.9 Å². The van der Waals surface area contributed by atoms with Gasteiger partial charge in [0.2, 0.25) is 5.75 Å². The third-order valence-electron chi connectivity index (χ3n) is 4.37. The SMILES string of the molecule is CCCCCOC(=O)c1ccc(NC(=O)c2cc(OC)c(OC)c(OC)c2Br)cc1. The van der Waals surface area contributed by atoms with Crippen LogP contribution in [0.15, 0.2) is 34.8 Å². The molecule has 0 saturated heterocycles. The maximum atomic E-state index is 12.8. The summed E-state index contributed by atoms with van der Waals surface area (Å²) in [6.45, 7) is 2.49. The number of hydrogen-bond acceptors (Lipinski definition) is 6. The van der Waals surface area contributed by atoms with Crippen LogP contribution in [0.25, 0.3) is 0 Å². The molecule has 2 aromatic rings. The fourth-order valence-electron chi connectivity index (χ4n) is 2.77. The van der Waals surface area contributed by atoms with E-state index in [1.807, 2.05) is 0 Å². The minimum absolute atomic E-state index is 0.309. The number of amides is 1. The van der Waals surface area contributed by atoms with E-state index >= 15 is 0 Å². The van der Waals surface area contributed by atoms with Gasteiger partial charge in [-0.3, -0.25) is 4.79 Å². The molecule has 0 aliphatic rings. The molecule has 0 aliphatic heterocycles. The Hall–Kier alpha value is -2.74. The smallest absolute Gasteiger partial charge is 0.338 e. The Morgan fingerprint density at radius 3 is 2.20 bits per heavy atom. The van der Waals surface area contributed by atoms with E-state index in [4.69, 9.17) is 18.9 Å². The van der Waals surface area contributed by atoms with Crippen LogP contribution in [-0.4, -0.2) is 39.8 Å². The Balaban J connectivity index is 2.14. The number of esters is 1. The van der Waals surface area contributed by atoms with Gasteiger partial charge in [0.15, 0.2) is 11.5 Å². The Labute approximate surface area is 184 Å². The van der Waals surface area contributed by atoms with Crippen LogP contribution in [0.2, 0.25) is 0 Å². The van der Waals surface area contributed by atoms with Gasteiger partial charge in [-0.15, -0.1) is 0 Å². The van der Waals surface area contributed by atoms with Gasteiger partial charge in [0.05, 0.1) is 43.5 Å². The van der Waals surface area contributed by atoms with Crippen molar-refractivity contribution in [2.45, 2.75) is 26.2 Å². The molecule has 0 heterocycles. The minimum Gasteiger partial charge on any atom is -0.493 e. The van der Waals surface area contributed by atoms with Crippen LogP contribution in [0.1, 0.15) is 46.9 Å². The molecule has 0 aliphatic carbocycles. The second kappa shape index (κ2) is 11.4. The van der Waals surface area contributed by atoms with E-state index in [0.29, 0.717) is 45.1 Å². The van der Waals surface area contributed by atoms with E-state index in [2.05, 4.69) is 28.2 Å². The van der Waals surface area contributed by atoms with Crippen LogP contribution in [0.5, 0.6) is 17.2 Å². The zero-order valence-electron chi connectivity index (χ0n) is 17.5. The second-order valence-electron chi connectivity index (χ2n) is 6.38. The average Bonchev–Trinajstić information content (AvgIpc) is 2.76. The molecule has 2 aromatic carbocycles. The summed E-state index contributed by atoms with van der Waals surface area (Å²) < 4.78 is 21.7. The molecular formula is C22H26BrNO6. The van der Waals surface area contributed by atoms with Crippen LogP contribution in [0.4, 0.5) is 5.69 Å². The summed E-state index contributed by atoms with van der Waals surface area (Å²) in [5, 5.41) is 2.79.